The zero-order valence-corrected chi connectivity index (χ0v) is 15.4. The van der Waals surface area contributed by atoms with Gasteiger partial charge in [0.25, 0.3) is 5.91 Å². The van der Waals surface area contributed by atoms with E-state index in [0.29, 0.717) is 17.0 Å². The number of furan rings is 1. The molecule has 0 fully saturated rings. The molecular weight excluding hydrogens is 361 g/mol. The van der Waals surface area contributed by atoms with E-state index in [4.69, 9.17) is 13.9 Å². The third-order valence-corrected chi connectivity index (χ3v) is 4.47. The number of hydrogen-bond acceptors (Lipinski definition) is 4. The molecular formula is C22H18FNO4. The van der Waals surface area contributed by atoms with E-state index in [-0.39, 0.29) is 5.75 Å². The van der Waals surface area contributed by atoms with Gasteiger partial charge < -0.3 is 19.2 Å². The van der Waals surface area contributed by atoms with Crippen molar-refractivity contribution in [2.75, 3.05) is 12.4 Å². The molecule has 1 unspecified atom stereocenters. The summed E-state index contributed by atoms with van der Waals surface area (Å²) in [5, 5.41) is 4.62. The third-order valence-electron chi connectivity index (χ3n) is 4.47. The van der Waals surface area contributed by atoms with Crippen molar-refractivity contribution < 1.29 is 23.1 Å². The Balaban J connectivity index is 1.62. The summed E-state index contributed by atoms with van der Waals surface area (Å²) in [6, 6.07) is 17.1. The summed E-state index contributed by atoms with van der Waals surface area (Å²) in [4.78, 5) is 12.6. The number of hydrogen-bond donors (Lipinski definition) is 1. The molecule has 0 saturated heterocycles. The first kappa shape index (κ1) is 17.9. The fourth-order valence-corrected chi connectivity index (χ4v) is 3.04. The van der Waals surface area contributed by atoms with Crippen LogP contribution in [0, 0.1) is 5.82 Å². The van der Waals surface area contributed by atoms with Crippen LogP contribution in [0.3, 0.4) is 0 Å². The van der Waals surface area contributed by atoms with Gasteiger partial charge in [0, 0.05) is 16.8 Å². The molecule has 0 aliphatic rings. The molecule has 1 amide bonds. The van der Waals surface area contributed by atoms with E-state index in [1.165, 1.54) is 19.2 Å². The average Bonchev–Trinajstić information content (AvgIpc) is 3.06. The van der Waals surface area contributed by atoms with Crippen LogP contribution >= 0.6 is 0 Å². The molecule has 1 aromatic heterocycles. The second-order valence-electron chi connectivity index (χ2n) is 6.33. The maximum Gasteiger partial charge on any atom is 0.265 e. The molecule has 5 nitrogen and oxygen atoms in total. The minimum atomic E-state index is -0.909. The normalized spacial score (nSPS) is 12.1. The van der Waals surface area contributed by atoms with Gasteiger partial charge in [0.05, 0.1) is 12.8 Å². The molecule has 1 heterocycles. The highest BCUT2D eigenvalue weighted by molar-refractivity contribution is 6.08. The summed E-state index contributed by atoms with van der Waals surface area (Å²) in [6.45, 7) is 1.55. The van der Waals surface area contributed by atoms with Crippen LogP contribution in [0.25, 0.3) is 21.9 Å². The van der Waals surface area contributed by atoms with Gasteiger partial charge in [-0.25, -0.2) is 4.39 Å². The lowest BCUT2D eigenvalue weighted by Gasteiger charge is -2.16. The maximum atomic E-state index is 13.7. The lowest BCUT2D eigenvalue weighted by Crippen LogP contribution is -2.30. The molecule has 4 rings (SSSR count). The molecule has 6 heteroatoms. The molecule has 0 spiro atoms. The lowest BCUT2D eigenvalue weighted by molar-refractivity contribution is -0.122. The number of rotatable bonds is 5. The van der Waals surface area contributed by atoms with E-state index in [1.54, 1.807) is 25.1 Å². The van der Waals surface area contributed by atoms with Crippen molar-refractivity contribution in [1.29, 1.82) is 0 Å². The Kier molecular flexibility index (Phi) is 4.61. The Morgan fingerprint density at radius 3 is 2.54 bits per heavy atom. The standard InChI is InChI=1S/C22H18FNO4/c1-13(27-19-10-6-4-8-16(19)23)22(25)24-17-12-20-15(11-21(17)26-2)14-7-3-5-9-18(14)28-20/h3-13H,1-2H3,(H,24,25). The zero-order chi connectivity index (χ0) is 19.7. The molecule has 142 valence electrons. The lowest BCUT2D eigenvalue weighted by atomic mass is 10.1. The fourth-order valence-electron chi connectivity index (χ4n) is 3.04. The predicted octanol–water partition coefficient (Wildman–Crippen LogP) is 5.14. The number of nitrogens with one attached hydrogen (secondary N) is 1. The zero-order valence-electron chi connectivity index (χ0n) is 15.4. The number of carbonyl (C=O) groups excluding carboxylic acids is 1. The number of anilines is 1. The summed E-state index contributed by atoms with van der Waals surface area (Å²) in [5.41, 5.74) is 1.82. The average molecular weight is 379 g/mol. The molecule has 1 N–H and O–H groups in total. The van der Waals surface area contributed by atoms with Gasteiger partial charge in [-0.05, 0) is 31.2 Å². The summed E-state index contributed by atoms with van der Waals surface area (Å²) < 4.78 is 30.5. The number of amides is 1. The minimum Gasteiger partial charge on any atom is -0.495 e. The van der Waals surface area contributed by atoms with Crippen molar-refractivity contribution in [2.24, 2.45) is 0 Å². The highest BCUT2D eigenvalue weighted by Gasteiger charge is 2.19. The van der Waals surface area contributed by atoms with Crippen LogP contribution in [0.2, 0.25) is 0 Å². The van der Waals surface area contributed by atoms with Gasteiger partial charge >= 0.3 is 0 Å². The molecule has 28 heavy (non-hydrogen) atoms. The Morgan fingerprint density at radius 1 is 1.00 bits per heavy atom. The summed E-state index contributed by atoms with van der Waals surface area (Å²) in [5.74, 6) is -0.448. The summed E-state index contributed by atoms with van der Waals surface area (Å²) >= 11 is 0. The van der Waals surface area contributed by atoms with Crippen LogP contribution in [0.15, 0.2) is 65.1 Å². The number of benzene rings is 3. The van der Waals surface area contributed by atoms with Crippen molar-refractivity contribution in [3.8, 4) is 11.5 Å². The number of carbonyl (C=O) groups is 1. The molecule has 0 bridgehead atoms. The van der Waals surface area contributed by atoms with E-state index < -0.39 is 17.8 Å². The van der Waals surface area contributed by atoms with Crippen molar-refractivity contribution >= 4 is 33.5 Å². The number of methoxy groups -OCH3 is 1. The summed E-state index contributed by atoms with van der Waals surface area (Å²) in [6.07, 6.45) is -0.909. The Morgan fingerprint density at radius 2 is 1.75 bits per heavy atom. The van der Waals surface area contributed by atoms with Crippen LogP contribution in [0.5, 0.6) is 11.5 Å². The summed E-state index contributed by atoms with van der Waals surface area (Å²) in [7, 11) is 1.53. The second-order valence-corrected chi connectivity index (χ2v) is 6.33. The van der Waals surface area contributed by atoms with Gasteiger partial charge in [0.15, 0.2) is 17.7 Å². The van der Waals surface area contributed by atoms with Gasteiger partial charge in [-0.1, -0.05) is 30.3 Å². The van der Waals surface area contributed by atoms with Crippen LogP contribution in [-0.2, 0) is 4.79 Å². The molecule has 0 radical (unpaired) electrons. The van der Waals surface area contributed by atoms with Crippen LogP contribution in [0.1, 0.15) is 6.92 Å². The highest BCUT2D eigenvalue weighted by atomic mass is 19.1. The van der Waals surface area contributed by atoms with Crippen molar-refractivity contribution in [1.82, 2.24) is 0 Å². The maximum absolute atomic E-state index is 13.7. The van der Waals surface area contributed by atoms with E-state index in [0.717, 1.165) is 16.4 Å². The number of fused-ring (bicyclic) bond motifs is 3. The first-order chi connectivity index (χ1) is 13.6. The quantitative estimate of drug-likeness (QED) is 0.522. The monoisotopic (exact) mass is 379 g/mol. The number of halogens is 1. The molecule has 3 aromatic carbocycles. The van der Waals surface area contributed by atoms with Crippen LogP contribution < -0.4 is 14.8 Å². The highest BCUT2D eigenvalue weighted by Crippen LogP contribution is 2.36. The van der Waals surface area contributed by atoms with Crippen molar-refractivity contribution in [3.63, 3.8) is 0 Å². The Labute approximate surface area is 160 Å². The Hall–Kier alpha value is -3.54. The van der Waals surface area contributed by atoms with Gasteiger partial charge in [-0.3, -0.25) is 4.79 Å². The smallest absolute Gasteiger partial charge is 0.265 e. The second kappa shape index (κ2) is 7.23. The van der Waals surface area contributed by atoms with E-state index in [2.05, 4.69) is 5.32 Å². The van der Waals surface area contributed by atoms with E-state index in [9.17, 15) is 9.18 Å². The van der Waals surface area contributed by atoms with Crippen molar-refractivity contribution in [3.05, 3.63) is 66.5 Å². The topological polar surface area (TPSA) is 60.7 Å². The number of ether oxygens (including phenoxy) is 2. The SMILES string of the molecule is COc1cc2c(cc1NC(=O)C(C)Oc1ccccc1F)oc1ccccc12. The van der Waals surface area contributed by atoms with Crippen LogP contribution in [-0.4, -0.2) is 19.1 Å². The van der Waals surface area contributed by atoms with Gasteiger partial charge in [-0.2, -0.15) is 0 Å². The van der Waals surface area contributed by atoms with Crippen LogP contribution in [0.4, 0.5) is 10.1 Å². The fraction of sp³-hybridized carbons (Fsp3) is 0.136. The third kappa shape index (κ3) is 3.24. The molecule has 0 aliphatic heterocycles. The molecule has 0 saturated carbocycles. The molecule has 1 atom stereocenters. The minimum absolute atomic E-state index is 0.0184. The first-order valence-electron chi connectivity index (χ1n) is 8.78. The Bertz CT molecular complexity index is 1170. The largest absolute Gasteiger partial charge is 0.495 e. The molecule has 0 aliphatic carbocycles. The molecule has 4 aromatic rings. The van der Waals surface area contributed by atoms with E-state index >= 15 is 0 Å². The van der Waals surface area contributed by atoms with E-state index in [1.807, 2.05) is 30.3 Å². The number of para-hydroxylation sites is 2. The van der Waals surface area contributed by atoms with Crippen molar-refractivity contribution in [2.45, 2.75) is 13.0 Å². The predicted molar refractivity (Wildman–Crippen MR) is 105 cm³/mol. The first-order valence-corrected chi connectivity index (χ1v) is 8.78. The van der Waals surface area contributed by atoms with Gasteiger partial charge in [0.1, 0.15) is 16.9 Å². The van der Waals surface area contributed by atoms with Gasteiger partial charge in [-0.15, -0.1) is 0 Å². The van der Waals surface area contributed by atoms with Gasteiger partial charge in [0.2, 0.25) is 0 Å².